The Hall–Kier alpha value is -3.03. The maximum atomic E-state index is 13.1. The van der Waals surface area contributed by atoms with Gasteiger partial charge in [-0.2, -0.15) is 9.61 Å². The highest BCUT2D eigenvalue weighted by molar-refractivity contribution is 5.93. The summed E-state index contributed by atoms with van der Waals surface area (Å²) in [5.74, 6) is -1.69. The third-order valence-corrected chi connectivity index (χ3v) is 3.29. The van der Waals surface area contributed by atoms with Gasteiger partial charge in [-0.05, 0) is 17.7 Å². The number of carbonyl (C=O) groups excluding carboxylic acids is 1. The van der Waals surface area contributed by atoms with Crippen LogP contribution >= 0.6 is 0 Å². The Morgan fingerprint density at radius 2 is 2.04 bits per heavy atom. The van der Waals surface area contributed by atoms with E-state index in [-0.39, 0.29) is 12.2 Å². The molecule has 0 aliphatic rings. The molecule has 0 bridgehead atoms. The van der Waals surface area contributed by atoms with Gasteiger partial charge in [0, 0.05) is 25.7 Å². The largest absolute Gasteiger partial charge is 0.373 e. The first-order valence-corrected chi connectivity index (χ1v) is 6.83. The fourth-order valence-corrected chi connectivity index (χ4v) is 2.13. The van der Waals surface area contributed by atoms with Crippen LogP contribution in [0.15, 0.2) is 36.5 Å². The van der Waals surface area contributed by atoms with E-state index in [4.69, 9.17) is 0 Å². The second-order valence-corrected chi connectivity index (χ2v) is 4.81. The lowest BCUT2D eigenvalue weighted by Gasteiger charge is -2.08. The fraction of sp³-hybridized carbons (Fsp3) is 0.133. The zero-order valence-corrected chi connectivity index (χ0v) is 12.2. The molecule has 2 heterocycles. The van der Waals surface area contributed by atoms with Crippen LogP contribution in [-0.4, -0.2) is 27.6 Å². The highest BCUT2D eigenvalue weighted by atomic mass is 19.2. The van der Waals surface area contributed by atoms with Crippen LogP contribution in [0.1, 0.15) is 16.1 Å². The highest BCUT2D eigenvalue weighted by Gasteiger charge is 2.12. The number of amides is 1. The molecule has 0 atom stereocenters. The maximum Gasteiger partial charge on any atom is 0.270 e. The average molecular weight is 317 g/mol. The van der Waals surface area contributed by atoms with Crippen molar-refractivity contribution in [1.29, 1.82) is 0 Å². The van der Waals surface area contributed by atoms with Crippen LogP contribution in [-0.2, 0) is 6.54 Å². The number of anilines is 1. The van der Waals surface area contributed by atoms with Crippen LogP contribution in [0.2, 0.25) is 0 Å². The molecule has 2 aromatic heterocycles. The van der Waals surface area contributed by atoms with Crippen molar-refractivity contribution < 1.29 is 13.6 Å². The summed E-state index contributed by atoms with van der Waals surface area (Å²) in [6.45, 7) is 0.0665. The molecule has 0 fully saturated rings. The van der Waals surface area contributed by atoms with Gasteiger partial charge in [-0.25, -0.2) is 13.8 Å². The van der Waals surface area contributed by atoms with Gasteiger partial charge in [0.15, 0.2) is 17.3 Å². The van der Waals surface area contributed by atoms with Crippen molar-refractivity contribution in [3.05, 3.63) is 59.4 Å². The lowest BCUT2D eigenvalue weighted by atomic mass is 10.2. The van der Waals surface area contributed by atoms with Gasteiger partial charge in [0.1, 0.15) is 11.5 Å². The predicted molar refractivity (Wildman–Crippen MR) is 80.1 cm³/mol. The molecule has 2 N–H and O–H groups in total. The van der Waals surface area contributed by atoms with E-state index in [1.165, 1.54) is 6.07 Å². The first-order chi connectivity index (χ1) is 11.1. The zero-order valence-electron chi connectivity index (χ0n) is 12.2. The van der Waals surface area contributed by atoms with Gasteiger partial charge < -0.3 is 10.6 Å². The van der Waals surface area contributed by atoms with E-state index >= 15 is 0 Å². The number of aromatic nitrogens is 3. The summed E-state index contributed by atoms with van der Waals surface area (Å²) >= 11 is 0. The monoisotopic (exact) mass is 317 g/mol. The number of nitrogens with zero attached hydrogens (tertiary/aromatic N) is 3. The van der Waals surface area contributed by atoms with Crippen LogP contribution in [0, 0.1) is 11.6 Å². The van der Waals surface area contributed by atoms with Gasteiger partial charge in [-0.3, -0.25) is 4.79 Å². The second kappa shape index (κ2) is 5.99. The minimum Gasteiger partial charge on any atom is -0.373 e. The number of nitrogens with one attached hydrogen (secondary N) is 2. The van der Waals surface area contributed by atoms with E-state index in [1.807, 2.05) is 0 Å². The molecule has 1 aromatic carbocycles. The predicted octanol–water partition coefficient (Wildman–Crippen LogP) is 1.98. The summed E-state index contributed by atoms with van der Waals surface area (Å²) in [5.41, 5.74) is 1.18. The molecule has 1 amide bonds. The number of rotatable bonds is 4. The Morgan fingerprint density at radius 1 is 1.22 bits per heavy atom. The second-order valence-electron chi connectivity index (χ2n) is 4.81. The molecule has 118 valence electrons. The minimum atomic E-state index is -0.951. The molecule has 6 nitrogen and oxygen atoms in total. The fourth-order valence-electron chi connectivity index (χ4n) is 2.13. The summed E-state index contributed by atoms with van der Waals surface area (Å²) in [6.07, 6.45) is 1.58. The van der Waals surface area contributed by atoms with E-state index in [0.29, 0.717) is 17.0 Å². The molecule has 3 aromatic rings. The topological polar surface area (TPSA) is 71.3 Å². The Bertz CT molecular complexity index is 877. The van der Waals surface area contributed by atoms with Crippen LogP contribution in [0.3, 0.4) is 0 Å². The van der Waals surface area contributed by atoms with Crippen molar-refractivity contribution in [2.75, 3.05) is 12.4 Å². The molecule has 0 aliphatic heterocycles. The third-order valence-electron chi connectivity index (χ3n) is 3.29. The lowest BCUT2D eigenvalue weighted by Crippen LogP contribution is -2.24. The number of halogens is 2. The number of carbonyl (C=O) groups is 1. The van der Waals surface area contributed by atoms with Gasteiger partial charge in [0.2, 0.25) is 0 Å². The third kappa shape index (κ3) is 2.96. The van der Waals surface area contributed by atoms with Crippen molar-refractivity contribution >= 4 is 17.4 Å². The summed E-state index contributed by atoms with van der Waals surface area (Å²) < 4.78 is 27.6. The highest BCUT2D eigenvalue weighted by Crippen LogP contribution is 2.12. The number of hydrogen-bond acceptors (Lipinski definition) is 4. The number of fused-ring (bicyclic) bond motifs is 1. The smallest absolute Gasteiger partial charge is 0.270 e. The van der Waals surface area contributed by atoms with E-state index < -0.39 is 17.5 Å². The summed E-state index contributed by atoms with van der Waals surface area (Å²) in [6, 6.07) is 6.70. The molecule has 0 saturated heterocycles. The zero-order chi connectivity index (χ0) is 16.4. The lowest BCUT2D eigenvalue weighted by molar-refractivity contribution is 0.0946. The van der Waals surface area contributed by atoms with Crippen LogP contribution < -0.4 is 10.6 Å². The van der Waals surface area contributed by atoms with Crippen molar-refractivity contribution in [1.82, 2.24) is 19.9 Å². The Kier molecular flexibility index (Phi) is 3.88. The molecule has 0 aliphatic carbocycles. The molecular weight excluding hydrogens is 304 g/mol. The molecule has 8 heteroatoms. The van der Waals surface area contributed by atoms with Crippen LogP contribution in [0.25, 0.3) is 5.65 Å². The van der Waals surface area contributed by atoms with Crippen LogP contribution in [0.4, 0.5) is 14.6 Å². The van der Waals surface area contributed by atoms with Gasteiger partial charge in [-0.1, -0.05) is 6.07 Å². The Morgan fingerprint density at radius 3 is 2.78 bits per heavy atom. The van der Waals surface area contributed by atoms with E-state index in [9.17, 15) is 13.6 Å². The van der Waals surface area contributed by atoms with Crippen molar-refractivity contribution in [3.8, 4) is 0 Å². The molecule has 0 radical (unpaired) electrons. The summed E-state index contributed by atoms with van der Waals surface area (Å²) in [4.78, 5) is 16.4. The molecular formula is C15H13F2N5O. The van der Waals surface area contributed by atoms with E-state index in [2.05, 4.69) is 20.7 Å². The number of hydrogen-bond donors (Lipinski definition) is 2. The first-order valence-electron chi connectivity index (χ1n) is 6.83. The van der Waals surface area contributed by atoms with E-state index in [0.717, 1.165) is 12.1 Å². The van der Waals surface area contributed by atoms with Crippen molar-refractivity contribution in [2.45, 2.75) is 6.54 Å². The Balaban J connectivity index is 1.79. The first kappa shape index (κ1) is 14.9. The average Bonchev–Trinajstić information content (AvgIpc) is 3.03. The summed E-state index contributed by atoms with van der Waals surface area (Å²) in [5, 5.41) is 9.63. The Labute approximate surface area is 130 Å². The van der Waals surface area contributed by atoms with Crippen molar-refractivity contribution in [2.24, 2.45) is 0 Å². The molecule has 3 rings (SSSR count). The molecule has 0 spiro atoms. The molecule has 23 heavy (non-hydrogen) atoms. The maximum absolute atomic E-state index is 13.1. The summed E-state index contributed by atoms with van der Waals surface area (Å²) in [7, 11) is 1.71. The normalized spacial score (nSPS) is 10.7. The van der Waals surface area contributed by atoms with Crippen molar-refractivity contribution in [3.63, 3.8) is 0 Å². The SMILES string of the molecule is CNc1cc(C(=O)NCc2ccc(F)c(F)c2)nc2ccnn12. The van der Waals surface area contributed by atoms with Gasteiger partial charge in [-0.15, -0.1) is 0 Å². The van der Waals surface area contributed by atoms with Gasteiger partial charge in [0.25, 0.3) is 5.91 Å². The minimum absolute atomic E-state index is 0.0665. The molecule has 0 saturated carbocycles. The quantitative estimate of drug-likeness (QED) is 0.772. The van der Waals surface area contributed by atoms with E-state index in [1.54, 1.807) is 29.9 Å². The standard InChI is InChI=1S/C15H13F2N5O/c1-18-14-7-12(21-13-4-5-20-22(13)14)15(23)19-8-9-2-3-10(16)11(17)6-9/h2-7,18H,8H2,1H3,(H,19,23). The van der Waals surface area contributed by atoms with Crippen LogP contribution in [0.5, 0.6) is 0 Å². The molecule has 0 unspecified atom stereocenters. The van der Waals surface area contributed by atoms with Gasteiger partial charge in [0.05, 0.1) is 6.20 Å². The van der Waals surface area contributed by atoms with Gasteiger partial charge >= 0.3 is 0 Å². The number of benzene rings is 1.